The highest BCUT2D eigenvalue weighted by atomic mass is 32.1. The summed E-state index contributed by atoms with van der Waals surface area (Å²) in [5.74, 6) is 0.207. The fourth-order valence-electron chi connectivity index (χ4n) is 0.608. The molecule has 0 spiro atoms. The van der Waals surface area contributed by atoms with Crippen LogP contribution in [0.4, 0.5) is 0 Å². The Kier molecular flexibility index (Phi) is 2.97. The molecule has 0 fully saturated rings. The van der Waals surface area contributed by atoms with Gasteiger partial charge in [0.2, 0.25) is 5.90 Å². The predicted octanol–water partition coefficient (Wildman–Crippen LogP) is 1.01. The summed E-state index contributed by atoms with van der Waals surface area (Å²) in [7, 11) is 2.49. The highest BCUT2D eigenvalue weighted by molar-refractivity contribution is 7.43. The second-order valence-corrected chi connectivity index (χ2v) is 3.85. The molecule has 0 aliphatic rings. The number of nitrogens with zero attached hydrogens (tertiary/aromatic N) is 1. The lowest BCUT2D eigenvalue weighted by molar-refractivity contribution is 0.326. The van der Waals surface area contributed by atoms with E-state index in [-0.39, 0.29) is 5.90 Å². The molecule has 0 amide bonds. The molecular weight excluding hydrogens is 179 g/mol. The van der Waals surface area contributed by atoms with Gasteiger partial charge in [-0.15, -0.1) is 11.3 Å². The van der Waals surface area contributed by atoms with Crippen LogP contribution < -0.4 is 4.75 Å². The molecule has 1 atom stereocenters. The largest absolute Gasteiger partial charge is 0.477 e. The molecule has 1 rings (SSSR count). The van der Waals surface area contributed by atoms with Crippen LogP contribution in [0.5, 0.6) is 0 Å². The summed E-state index contributed by atoms with van der Waals surface area (Å²) < 4.78 is 5.86. The maximum atomic E-state index is 7.38. The molecule has 5 heteroatoms. The van der Waals surface area contributed by atoms with Gasteiger partial charge in [0.1, 0.15) is 9.63 Å². The number of hydrogen-bond donors (Lipinski definition) is 1. The summed E-state index contributed by atoms with van der Waals surface area (Å²) in [5.41, 5.74) is 0. The van der Waals surface area contributed by atoms with Crippen LogP contribution >= 0.6 is 20.6 Å². The highest BCUT2D eigenvalue weighted by Gasteiger charge is 2.04. The van der Waals surface area contributed by atoms with Crippen LogP contribution in [0.3, 0.4) is 0 Å². The maximum absolute atomic E-state index is 7.38. The molecule has 1 aromatic heterocycles. The van der Waals surface area contributed by atoms with Crippen molar-refractivity contribution in [2.45, 2.75) is 6.92 Å². The first kappa shape index (κ1) is 8.62. The normalized spacial score (nSPS) is 9.64. The Labute approximate surface area is 71.5 Å². The summed E-state index contributed by atoms with van der Waals surface area (Å²) in [6, 6.07) is 0. The summed E-state index contributed by atoms with van der Waals surface area (Å²) >= 11 is 1.44. The van der Waals surface area contributed by atoms with Crippen molar-refractivity contribution in [2.24, 2.45) is 0 Å². The maximum Gasteiger partial charge on any atom is 0.225 e. The lowest BCUT2D eigenvalue weighted by atomic mass is 10.5. The van der Waals surface area contributed by atoms with Gasteiger partial charge in [-0.2, -0.15) is 0 Å². The van der Waals surface area contributed by atoms with Gasteiger partial charge >= 0.3 is 0 Å². The van der Waals surface area contributed by atoms with E-state index in [0.717, 1.165) is 9.63 Å². The summed E-state index contributed by atoms with van der Waals surface area (Å²) in [6.07, 6.45) is 1.64. The van der Waals surface area contributed by atoms with Gasteiger partial charge in [-0.25, -0.2) is 4.98 Å². The van der Waals surface area contributed by atoms with Crippen molar-refractivity contribution in [3.63, 3.8) is 0 Å². The monoisotopic (exact) mass is 188 g/mol. The highest BCUT2D eigenvalue weighted by Crippen LogP contribution is 2.07. The molecule has 0 saturated heterocycles. The van der Waals surface area contributed by atoms with E-state index >= 15 is 0 Å². The first-order chi connectivity index (χ1) is 5.24. The molecule has 60 valence electrons. The second-order valence-electron chi connectivity index (χ2n) is 1.82. The van der Waals surface area contributed by atoms with Gasteiger partial charge in [0, 0.05) is 0 Å². The van der Waals surface area contributed by atoms with E-state index in [9.17, 15) is 0 Å². The van der Waals surface area contributed by atoms with Gasteiger partial charge < -0.3 is 4.74 Å². The molecule has 11 heavy (non-hydrogen) atoms. The molecule has 0 bridgehead atoms. The van der Waals surface area contributed by atoms with Crippen LogP contribution in [-0.2, 0) is 4.74 Å². The minimum absolute atomic E-state index is 0.207. The second kappa shape index (κ2) is 3.79. The standard InChI is InChI=1S/C6H9N2OPS/c1-2-9-5(7)4-3-8-6(10)11-4/h3,7H,2,10H2,1H3. The Bertz CT molecular complexity index is 261. The van der Waals surface area contributed by atoms with Gasteiger partial charge in [0.15, 0.2) is 0 Å². The third-order valence-electron chi connectivity index (χ3n) is 1.04. The quantitative estimate of drug-likeness (QED) is 0.427. The molecule has 1 N–H and O–H groups in total. The molecule has 1 unspecified atom stereocenters. The third-order valence-corrected chi connectivity index (χ3v) is 2.36. The number of aromatic nitrogens is 1. The van der Waals surface area contributed by atoms with Gasteiger partial charge in [-0.3, -0.25) is 5.41 Å². The van der Waals surface area contributed by atoms with Crippen molar-refractivity contribution < 1.29 is 4.74 Å². The predicted molar refractivity (Wildman–Crippen MR) is 49.9 cm³/mol. The zero-order valence-electron chi connectivity index (χ0n) is 6.13. The summed E-state index contributed by atoms with van der Waals surface area (Å²) in [4.78, 5) is 4.76. The average Bonchev–Trinajstić information content (AvgIpc) is 2.36. The lowest BCUT2D eigenvalue weighted by Crippen LogP contribution is -2.01. The van der Waals surface area contributed by atoms with Gasteiger partial charge in [-0.1, -0.05) is 9.24 Å². The Morgan fingerprint density at radius 2 is 2.64 bits per heavy atom. The molecule has 1 aromatic rings. The van der Waals surface area contributed by atoms with E-state index in [0.29, 0.717) is 6.61 Å². The van der Waals surface area contributed by atoms with Crippen molar-refractivity contribution >= 4 is 31.2 Å². The van der Waals surface area contributed by atoms with Crippen LogP contribution in [0.25, 0.3) is 0 Å². The fraction of sp³-hybridized carbons (Fsp3) is 0.333. The van der Waals surface area contributed by atoms with Crippen molar-refractivity contribution in [1.29, 1.82) is 5.41 Å². The molecular formula is C6H9N2OPS. The Balaban J connectivity index is 2.69. The molecule has 0 aliphatic carbocycles. The molecule has 3 nitrogen and oxygen atoms in total. The first-order valence-electron chi connectivity index (χ1n) is 3.17. The van der Waals surface area contributed by atoms with Crippen LogP contribution in [0.15, 0.2) is 6.20 Å². The van der Waals surface area contributed by atoms with Gasteiger partial charge in [0.25, 0.3) is 0 Å². The van der Waals surface area contributed by atoms with Crippen LogP contribution in [-0.4, -0.2) is 17.5 Å². The van der Waals surface area contributed by atoms with Crippen molar-refractivity contribution in [3.8, 4) is 0 Å². The minimum atomic E-state index is 0.207. The van der Waals surface area contributed by atoms with Crippen LogP contribution in [0.2, 0.25) is 0 Å². The third kappa shape index (κ3) is 2.24. The number of hydrogen-bond acceptors (Lipinski definition) is 4. The number of thiazole rings is 1. The van der Waals surface area contributed by atoms with E-state index < -0.39 is 0 Å². The Morgan fingerprint density at radius 3 is 3.09 bits per heavy atom. The van der Waals surface area contributed by atoms with E-state index in [1.807, 2.05) is 6.92 Å². The molecule has 0 aliphatic heterocycles. The topological polar surface area (TPSA) is 46.0 Å². The SMILES string of the molecule is CCOC(=N)c1cnc(P)s1. The van der Waals surface area contributed by atoms with Crippen molar-refractivity contribution in [1.82, 2.24) is 4.98 Å². The van der Waals surface area contributed by atoms with E-state index in [4.69, 9.17) is 10.1 Å². The molecule has 0 radical (unpaired) electrons. The Hall–Kier alpha value is -0.470. The first-order valence-corrected chi connectivity index (χ1v) is 4.56. The zero-order chi connectivity index (χ0) is 8.27. The zero-order valence-corrected chi connectivity index (χ0v) is 8.10. The molecule has 0 aromatic carbocycles. The molecule has 0 saturated carbocycles. The number of ether oxygens (including phenoxy) is 1. The van der Waals surface area contributed by atoms with Gasteiger partial charge in [-0.05, 0) is 6.92 Å². The summed E-state index contributed by atoms with van der Waals surface area (Å²) in [5, 5.41) is 7.38. The fourth-order valence-corrected chi connectivity index (χ4v) is 1.65. The van der Waals surface area contributed by atoms with Crippen LogP contribution in [0, 0.1) is 5.41 Å². The summed E-state index contributed by atoms with van der Waals surface area (Å²) in [6.45, 7) is 2.39. The van der Waals surface area contributed by atoms with E-state index in [2.05, 4.69) is 14.2 Å². The smallest absolute Gasteiger partial charge is 0.225 e. The van der Waals surface area contributed by atoms with Gasteiger partial charge in [0.05, 0.1) is 12.8 Å². The minimum Gasteiger partial charge on any atom is -0.477 e. The van der Waals surface area contributed by atoms with Crippen molar-refractivity contribution in [3.05, 3.63) is 11.1 Å². The number of nitrogens with one attached hydrogen (secondary N) is 1. The number of rotatable bonds is 2. The Morgan fingerprint density at radius 1 is 1.91 bits per heavy atom. The lowest BCUT2D eigenvalue weighted by Gasteiger charge is -1.99. The van der Waals surface area contributed by atoms with Crippen LogP contribution in [0.1, 0.15) is 11.8 Å². The van der Waals surface area contributed by atoms with Crippen molar-refractivity contribution in [2.75, 3.05) is 6.61 Å². The molecule has 1 heterocycles. The van der Waals surface area contributed by atoms with E-state index in [1.165, 1.54) is 11.3 Å². The average molecular weight is 188 g/mol. The van der Waals surface area contributed by atoms with E-state index in [1.54, 1.807) is 6.20 Å².